The van der Waals surface area contributed by atoms with E-state index in [1.807, 2.05) is 7.05 Å². The third-order valence-corrected chi connectivity index (χ3v) is 5.33. The highest BCUT2D eigenvalue weighted by Gasteiger charge is 2.20. The molecule has 27 heavy (non-hydrogen) atoms. The van der Waals surface area contributed by atoms with E-state index in [2.05, 4.69) is 42.5 Å². The van der Waals surface area contributed by atoms with Crippen LogP contribution in [0.5, 0.6) is 11.8 Å². The first-order chi connectivity index (χ1) is 13.3. The normalized spacial score (nSPS) is 11.6. The molecule has 0 atom stereocenters. The van der Waals surface area contributed by atoms with Crippen molar-refractivity contribution < 1.29 is 10.5 Å². The third-order valence-electron chi connectivity index (χ3n) is 4.07. The Kier molecular flexibility index (Phi) is 4.07. The van der Waals surface area contributed by atoms with Gasteiger partial charge in [0.05, 0.1) is 9.09 Å². The number of benzene rings is 1. The summed E-state index contributed by atoms with van der Waals surface area (Å²) < 4.78 is 30.5. The third kappa shape index (κ3) is 3.07. The van der Waals surface area contributed by atoms with E-state index in [1.54, 1.807) is 29.8 Å². The minimum atomic E-state index is -0.563. The molecule has 0 fully saturated rings. The van der Waals surface area contributed by atoms with Crippen LogP contribution < -0.4 is 10.5 Å². The molecule has 0 saturated heterocycles. The highest BCUT2D eigenvalue weighted by molar-refractivity contribution is 14.1. The van der Waals surface area contributed by atoms with E-state index in [-0.39, 0.29) is 23.9 Å². The van der Waals surface area contributed by atoms with Crippen LogP contribution in [0.15, 0.2) is 36.8 Å². The van der Waals surface area contributed by atoms with Crippen LogP contribution in [0.1, 0.15) is 7.06 Å². The zero-order valence-corrected chi connectivity index (χ0v) is 16.5. The van der Waals surface area contributed by atoms with Crippen molar-refractivity contribution in [2.24, 2.45) is 7.05 Å². The summed E-state index contributed by atoms with van der Waals surface area (Å²) >= 11 is 2.14. The average Bonchev–Trinajstić information content (AvgIpc) is 2.89. The minimum absolute atomic E-state index is 0.0160. The number of anilines is 1. The van der Waals surface area contributed by atoms with Crippen molar-refractivity contribution in [3.8, 4) is 22.9 Å². The van der Waals surface area contributed by atoms with Crippen molar-refractivity contribution in [2.45, 2.75) is 6.92 Å². The van der Waals surface area contributed by atoms with Crippen molar-refractivity contribution in [3.05, 3.63) is 52.0 Å². The zero-order chi connectivity index (χ0) is 20.0. The predicted molar refractivity (Wildman–Crippen MR) is 108 cm³/mol. The van der Waals surface area contributed by atoms with E-state index in [1.165, 1.54) is 12.1 Å². The van der Waals surface area contributed by atoms with Gasteiger partial charge in [-0.25, -0.2) is 24.3 Å². The van der Waals surface area contributed by atoms with Crippen molar-refractivity contribution in [1.29, 1.82) is 0 Å². The molecule has 3 heterocycles. The molecule has 0 amide bonds. The SMILES string of the molecule is [2H]c1nc(N)c2c(-c3ccc(Oc4nccc(C)n4)c(F)c3)c(I)n(C)c2n1. The fraction of sp³-hybridized carbons (Fsp3) is 0.111. The van der Waals surface area contributed by atoms with E-state index in [0.29, 0.717) is 22.2 Å². The molecule has 9 heteroatoms. The second-order valence-electron chi connectivity index (χ2n) is 5.86. The maximum atomic E-state index is 14.7. The van der Waals surface area contributed by atoms with Gasteiger partial charge < -0.3 is 15.0 Å². The summed E-state index contributed by atoms with van der Waals surface area (Å²) in [6, 6.07) is 6.40. The summed E-state index contributed by atoms with van der Waals surface area (Å²) in [5.41, 5.74) is 8.57. The van der Waals surface area contributed by atoms with Gasteiger partial charge in [0.15, 0.2) is 11.6 Å². The topological polar surface area (TPSA) is 91.7 Å². The quantitative estimate of drug-likeness (QED) is 0.451. The number of nitrogens with zero attached hydrogens (tertiary/aromatic N) is 5. The van der Waals surface area contributed by atoms with Crippen molar-refractivity contribution in [2.75, 3.05) is 5.73 Å². The van der Waals surface area contributed by atoms with Crippen LogP contribution >= 0.6 is 22.6 Å². The maximum absolute atomic E-state index is 14.7. The number of fused-ring (bicyclic) bond motifs is 1. The van der Waals surface area contributed by atoms with Crippen LogP contribution in [-0.2, 0) is 7.05 Å². The molecule has 0 aliphatic heterocycles. The second-order valence-corrected chi connectivity index (χ2v) is 6.88. The molecule has 0 aliphatic carbocycles. The largest absolute Gasteiger partial charge is 0.421 e. The lowest BCUT2D eigenvalue weighted by molar-refractivity contribution is 0.410. The van der Waals surface area contributed by atoms with Gasteiger partial charge in [0.1, 0.15) is 19.1 Å². The van der Waals surface area contributed by atoms with E-state index in [0.717, 1.165) is 9.39 Å². The fourth-order valence-corrected chi connectivity index (χ4v) is 3.58. The molecule has 3 aromatic heterocycles. The molecule has 4 aromatic rings. The molecular formula is C18H14FIN6O. The number of nitrogen functional groups attached to an aromatic ring is 1. The Morgan fingerprint density at radius 2 is 2.07 bits per heavy atom. The molecule has 0 bridgehead atoms. The summed E-state index contributed by atoms with van der Waals surface area (Å²) in [6.07, 6.45) is 1.38. The van der Waals surface area contributed by atoms with E-state index < -0.39 is 5.82 Å². The average molecular weight is 477 g/mol. The minimum Gasteiger partial charge on any atom is -0.421 e. The van der Waals surface area contributed by atoms with Gasteiger partial charge in [0, 0.05) is 24.5 Å². The molecule has 7 nitrogen and oxygen atoms in total. The highest BCUT2D eigenvalue weighted by atomic mass is 127. The lowest BCUT2D eigenvalue weighted by Gasteiger charge is -2.08. The van der Waals surface area contributed by atoms with Gasteiger partial charge in [-0.1, -0.05) is 6.07 Å². The van der Waals surface area contributed by atoms with Gasteiger partial charge in [-0.3, -0.25) is 0 Å². The summed E-state index contributed by atoms with van der Waals surface area (Å²) in [5, 5.41) is 0.581. The lowest BCUT2D eigenvalue weighted by atomic mass is 10.1. The Labute approximate surface area is 169 Å². The lowest BCUT2D eigenvalue weighted by Crippen LogP contribution is -1.96. The number of nitrogens with two attached hydrogens (primary N) is 1. The van der Waals surface area contributed by atoms with Gasteiger partial charge in [-0.05, 0) is 53.3 Å². The Hall–Kier alpha value is -2.82. The number of halogens is 2. The summed E-state index contributed by atoms with van der Waals surface area (Å²) in [4.78, 5) is 16.2. The Bertz CT molecular complexity index is 1230. The number of aryl methyl sites for hydroxylation is 2. The molecule has 2 N–H and O–H groups in total. The second kappa shape index (κ2) is 6.72. The van der Waals surface area contributed by atoms with Gasteiger partial charge >= 0.3 is 6.01 Å². The highest BCUT2D eigenvalue weighted by Crippen LogP contribution is 2.38. The Morgan fingerprint density at radius 1 is 1.26 bits per heavy atom. The number of aromatic nitrogens is 5. The van der Waals surface area contributed by atoms with Crippen molar-refractivity contribution in [3.63, 3.8) is 0 Å². The summed E-state index contributed by atoms with van der Waals surface area (Å²) in [6.45, 7) is 1.80. The molecule has 0 saturated carbocycles. The van der Waals surface area contributed by atoms with Crippen LogP contribution in [-0.4, -0.2) is 24.5 Å². The predicted octanol–water partition coefficient (Wildman–Crippen LogP) is 3.85. The van der Waals surface area contributed by atoms with Crippen LogP contribution in [0.4, 0.5) is 10.2 Å². The zero-order valence-electron chi connectivity index (χ0n) is 15.4. The van der Waals surface area contributed by atoms with Gasteiger partial charge in [0.2, 0.25) is 0 Å². The van der Waals surface area contributed by atoms with Crippen LogP contribution in [0, 0.1) is 16.4 Å². The first kappa shape index (κ1) is 16.4. The number of hydrogen-bond acceptors (Lipinski definition) is 6. The molecule has 0 aliphatic rings. The van der Waals surface area contributed by atoms with Crippen LogP contribution in [0.3, 0.4) is 0 Å². The first-order valence-corrected chi connectivity index (χ1v) is 8.98. The molecule has 1 aromatic carbocycles. The van der Waals surface area contributed by atoms with Gasteiger partial charge in [0.25, 0.3) is 0 Å². The molecule has 0 spiro atoms. The van der Waals surface area contributed by atoms with Crippen LogP contribution in [0.25, 0.3) is 22.2 Å². The standard InChI is InChI=1S/C18H14FIN6O/c1-9-5-6-22-18(25-9)27-12-4-3-10(7-11(12)19)13-14-16(21)23-8-24-17(14)26(2)15(13)20/h3-8H,1-2H3,(H2,21,23,24)/i8D. The van der Waals surface area contributed by atoms with Crippen molar-refractivity contribution in [1.82, 2.24) is 24.5 Å². The summed E-state index contributed by atoms with van der Waals surface area (Å²) in [5.74, 6) is -0.369. The molecule has 4 rings (SSSR count). The van der Waals surface area contributed by atoms with E-state index in [9.17, 15) is 4.39 Å². The Morgan fingerprint density at radius 3 is 2.81 bits per heavy atom. The molecule has 136 valence electrons. The molecular weight excluding hydrogens is 462 g/mol. The summed E-state index contributed by atoms with van der Waals surface area (Å²) in [7, 11) is 1.81. The number of ether oxygens (including phenoxy) is 1. The van der Waals surface area contributed by atoms with E-state index >= 15 is 0 Å². The first-order valence-electron chi connectivity index (χ1n) is 8.40. The number of rotatable bonds is 3. The van der Waals surface area contributed by atoms with Gasteiger partial charge in [-0.15, -0.1) is 0 Å². The maximum Gasteiger partial charge on any atom is 0.322 e. The fourth-order valence-electron chi connectivity index (χ4n) is 2.77. The smallest absolute Gasteiger partial charge is 0.322 e. The molecule has 0 unspecified atom stereocenters. The van der Waals surface area contributed by atoms with Gasteiger partial charge in [-0.2, -0.15) is 0 Å². The Balaban J connectivity index is 1.81. The monoisotopic (exact) mass is 477 g/mol. The number of hydrogen-bond donors (Lipinski definition) is 1. The molecule has 0 radical (unpaired) electrons. The van der Waals surface area contributed by atoms with Crippen LogP contribution in [0.2, 0.25) is 0 Å². The van der Waals surface area contributed by atoms with Crippen molar-refractivity contribution >= 4 is 39.4 Å². The van der Waals surface area contributed by atoms with E-state index in [4.69, 9.17) is 11.8 Å².